The highest BCUT2D eigenvalue weighted by atomic mass is 32.2. The summed E-state index contributed by atoms with van der Waals surface area (Å²) in [7, 11) is -3.20. The number of anilines is 1. The quantitative estimate of drug-likeness (QED) is 0.721. The van der Waals surface area contributed by atoms with Crippen molar-refractivity contribution in [3.63, 3.8) is 0 Å². The topological polar surface area (TPSA) is 81.4 Å². The number of hydrogen-bond acceptors (Lipinski definition) is 4. The molecule has 1 aromatic carbocycles. The highest BCUT2D eigenvalue weighted by molar-refractivity contribution is 7.92. The van der Waals surface area contributed by atoms with Gasteiger partial charge in [0.2, 0.25) is 10.0 Å². The van der Waals surface area contributed by atoms with Crippen LogP contribution in [0.25, 0.3) is 0 Å². The van der Waals surface area contributed by atoms with Crippen molar-refractivity contribution in [3.05, 3.63) is 29.8 Å². The summed E-state index contributed by atoms with van der Waals surface area (Å²) in [5.41, 5.74) is 1.59. The molecule has 5 nitrogen and oxygen atoms in total. The minimum absolute atomic E-state index is 0.443. The third-order valence-electron chi connectivity index (χ3n) is 1.77. The molecular formula is C9H14N2O3S. The third-order valence-corrected chi connectivity index (χ3v) is 2.37. The molecule has 0 aliphatic carbocycles. The largest absolute Gasteiger partial charge is 0.304 e. The first-order chi connectivity index (χ1) is 7.01. The standard InChI is InChI=1S/C9H14N2O3S/c1-15(12,13)11-9-4-2-8(3-5-9)6-7-14-10/h2-5,11H,6-7,10H2,1H3. The van der Waals surface area contributed by atoms with Gasteiger partial charge in [0.25, 0.3) is 0 Å². The van der Waals surface area contributed by atoms with Gasteiger partial charge in [0.05, 0.1) is 12.9 Å². The van der Waals surface area contributed by atoms with Gasteiger partial charge in [-0.2, -0.15) is 0 Å². The van der Waals surface area contributed by atoms with Crippen molar-refractivity contribution in [2.45, 2.75) is 6.42 Å². The molecule has 0 aliphatic rings. The Bertz CT molecular complexity index is 400. The summed E-state index contributed by atoms with van der Waals surface area (Å²) in [6, 6.07) is 7.05. The molecule has 1 rings (SSSR count). The molecule has 84 valence electrons. The number of nitrogens with one attached hydrogen (secondary N) is 1. The van der Waals surface area contributed by atoms with Gasteiger partial charge in [-0.1, -0.05) is 12.1 Å². The lowest BCUT2D eigenvalue weighted by Gasteiger charge is -2.04. The molecule has 0 unspecified atom stereocenters. The lowest BCUT2D eigenvalue weighted by atomic mass is 10.1. The highest BCUT2D eigenvalue weighted by Gasteiger charge is 2.01. The Hall–Kier alpha value is -1.11. The first kappa shape index (κ1) is 12.0. The summed E-state index contributed by atoms with van der Waals surface area (Å²) >= 11 is 0. The Labute approximate surface area is 89.2 Å². The van der Waals surface area contributed by atoms with Crippen LogP contribution in [0.2, 0.25) is 0 Å². The van der Waals surface area contributed by atoms with Crippen LogP contribution in [0.4, 0.5) is 5.69 Å². The smallest absolute Gasteiger partial charge is 0.229 e. The van der Waals surface area contributed by atoms with Gasteiger partial charge in [0.1, 0.15) is 0 Å². The molecule has 0 atom stereocenters. The van der Waals surface area contributed by atoms with E-state index in [2.05, 4.69) is 9.56 Å². The van der Waals surface area contributed by atoms with Crippen molar-refractivity contribution in [1.29, 1.82) is 0 Å². The summed E-state index contributed by atoms with van der Waals surface area (Å²) in [6.07, 6.45) is 1.82. The second kappa shape index (κ2) is 5.11. The van der Waals surface area contributed by atoms with Gasteiger partial charge in [-0.3, -0.25) is 4.72 Å². The van der Waals surface area contributed by atoms with Gasteiger partial charge in [-0.25, -0.2) is 14.3 Å². The van der Waals surface area contributed by atoms with Crippen molar-refractivity contribution in [2.24, 2.45) is 5.90 Å². The van der Waals surface area contributed by atoms with Gasteiger partial charge in [0.15, 0.2) is 0 Å². The van der Waals surface area contributed by atoms with Crippen molar-refractivity contribution >= 4 is 15.7 Å². The van der Waals surface area contributed by atoms with E-state index in [1.807, 2.05) is 12.1 Å². The third kappa shape index (κ3) is 4.78. The minimum Gasteiger partial charge on any atom is -0.304 e. The molecule has 0 saturated carbocycles. The average Bonchev–Trinajstić information content (AvgIpc) is 2.14. The average molecular weight is 230 g/mol. The van der Waals surface area contributed by atoms with E-state index in [1.165, 1.54) is 0 Å². The van der Waals surface area contributed by atoms with Crippen LogP contribution in [0.1, 0.15) is 5.56 Å². The maximum Gasteiger partial charge on any atom is 0.229 e. The molecule has 0 bridgehead atoms. The lowest BCUT2D eigenvalue weighted by molar-refractivity contribution is 0.141. The predicted octanol–water partition coefficient (Wildman–Crippen LogP) is 0.491. The molecule has 0 spiro atoms. The van der Waals surface area contributed by atoms with Crippen LogP contribution in [-0.2, 0) is 21.3 Å². The number of hydrogen-bond donors (Lipinski definition) is 2. The van der Waals surface area contributed by atoms with Gasteiger partial charge >= 0.3 is 0 Å². The van der Waals surface area contributed by atoms with E-state index in [9.17, 15) is 8.42 Å². The van der Waals surface area contributed by atoms with E-state index in [0.717, 1.165) is 11.8 Å². The SMILES string of the molecule is CS(=O)(=O)Nc1ccc(CCON)cc1. The Morgan fingerprint density at radius 3 is 2.40 bits per heavy atom. The molecule has 0 aromatic heterocycles. The normalized spacial score (nSPS) is 11.3. The molecule has 3 N–H and O–H groups in total. The Morgan fingerprint density at radius 1 is 1.33 bits per heavy atom. The summed E-state index contributed by atoms with van der Waals surface area (Å²) < 4.78 is 24.2. The Morgan fingerprint density at radius 2 is 1.93 bits per heavy atom. The summed E-state index contributed by atoms with van der Waals surface area (Å²) in [4.78, 5) is 4.45. The fraction of sp³-hybridized carbons (Fsp3) is 0.333. The maximum atomic E-state index is 10.9. The van der Waals surface area contributed by atoms with E-state index >= 15 is 0 Å². The Kier molecular flexibility index (Phi) is 4.07. The number of rotatable bonds is 5. The molecule has 0 heterocycles. The molecule has 0 aliphatic heterocycles. The van der Waals surface area contributed by atoms with E-state index in [0.29, 0.717) is 18.7 Å². The van der Waals surface area contributed by atoms with Crippen LogP contribution in [0.5, 0.6) is 0 Å². The molecule has 0 amide bonds. The lowest BCUT2D eigenvalue weighted by Crippen LogP contribution is -2.09. The molecular weight excluding hydrogens is 216 g/mol. The van der Waals surface area contributed by atoms with Crippen LogP contribution < -0.4 is 10.6 Å². The maximum absolute atomic E-state index is 10.9. The molecule has 6 heteroatoms. The zero-order chi connectivity index (χ0) is 11.3. The fourth-order valence-electron chi connectivity index (χ4n) is 1.13. The summed E-state index contributed by atoms with van der Waals surface area (Å²) in [5, 5.41) is 0. The van der Waals surface area contributed by atoms with Crippen molar-refractivity contribution in [2.75, 3.05) is 17.6 Å². The number of sulfonamides is 1. The van der Waals surface area contributed by atoms with Crippen LogP contribution in [0.15, 0.2) is 24.3 Å². The van der Waals surface area contributed by atoms with E-state index in [1.54, 1.807) is 12.1 Å². The first-order valence-corrected chi connectivity index (χ1v) is 6.29. The van der Waals surface area contributed by atoms with Crippen LogP contribution in [0, 0.1) is 0 Å². The van der Waals surface area contributed by atoms with Crippen molar-refractivity contribution in [1.82, 2.24) is 0 Å². The molecule has 1 aromatic rings. The molecule has 0 radical (unpaired) electrons. The second-order valence-electron chi connectivity index (χ2n) is 3.19. The van der Waals surface area contributed by atoms with E-state index in [-0.39, 0.29) is 0 Å². The minimum atomic E-state index is -3.20. The molecule has 15 heavy (non-hydrogen) atoms. The van der Waals surface area contributed by atoms with Gasteiger partial charge in [-0.15, -0.1) is 0 Å². The fourth-order valence-corrected chi connectivity index (χ4v) is 1.69. The number of benzene rings is 1. The summed E-state index contributed by atoms with van der Waals surface area (Å²) in [6.45, 7) is 0.443. The van der Waals surface area contributed by atoms with Crippen LogP contribution >= 0.6 is 0 Å². The van der Waals surface area contributed by atoms with Gasteiger partial charge < -0.3 is 4.84 Å². The second-order valence-corrected chi connectivity index (χ2v) is 4.94. The van der Waals surface area contributed by atoms with Crippen LogP contribution in [-0.4, -0.2) is 21.3 Å². The summed E-state index contributed by atoms with van der Waals surface area (Å²) in [5.74, 6) is 4.90. The molecule has 0 fully saturated rings. The van der Waals surface area contributed by atoms with Crippen LogP contribution in [0.3, 0.4) is 0 Å². The van der Waals surface area contributed by atoms with Gasteiger partial charge in [-0.05, 0) is 24.1 Å². The van der Waals surface area contributed by atoms with E-state index < -0.39 is 10.0 Å². The Balaban J connectivity index is 2.64. The van der Waals surface area contributed by atoms with E-state index in [4.69, 9.17) is 5.90 Å². The monoisotopic (exact) mass is 230 g/mol. The highest BCUT2D eigenvalue weighted by Crippen LogP contribution is 2.11. The zero-order valence-electron chi connectivity index (χ0n) is 8.43. The first-order valence-electron chi connectivity index (χ1n) is 4.40. The van der Waals surface area contributed by atoms with Crippen molar-refractivity contribution < 1.29 is 13.3 Å². The predicted molar refractivity (Wildman–Crippen MR) is 58.8 cm³/mol. The zero-order valence-corrected chi connectivity index (χ0v) is 9.25. The number of nitrogens with two attached hydrogens (primary N) is 1. The molecule has 0 saturated heterocycles. The van der Waals surface area contributed by atoms with Crippen molar-refractivity contribution in [3.8, 4) is 0 Å². The van der Waals surface area contributed by atoms with Gasteiger partial charge in [0, 0.05) is 5.69 Å².